The number of benzene rings is 8. The van der Waals surface area contributed by atoms with Crippen molar-refractivity contribution < 1.29 is 0 Å². The maximum Gasteiger partial charge on any atom is 0.162 e. The molecular weight excluding hydrogens is 595 g/mol. The molecule has 8 aromatic carbocycles. The van der Waals surface area contributed by atoms with Crippen molar-refractivity contribution in [2.24, 2.45) is 0 Å². The first-order valence-corrected chi connectivity index (χ1v) is 16.7. The minimum atomic E-state index is 0.705. The Morgan fingerprint density at radius 3 is 1.84 bits per heavy atom. The lowest BCUT2D eigenvalue weighted by atomic mass is 9.92. The zero-order chi connectivity index (χ0) is 32.3. The van der Waals surface area contributed by atoms with Crippen LogP contribution in [0.15, 0.2) is 176 Å². The van der Waals surface area contributed by atoms with Gasteiger partial charge in [0.25, 0.3) is 0 Å². The summed E-state index contributed by atoms with van der Waals surface area (Å²) in [4.78, 5) is 10.3. The average Bonchev–Trinajstić information content (AvgIpc) is 3.53. The van der Waals surface area contributed by atoms with E-state index in [9.17, 15) is 0 Å². The first kappa shape index (κ1) is 27.5. The monoisotopic (exact) mass is 623 g/mol. The fourth-order valence-corrected chi connectivity index (χ4v) is 7.53. The Kier molecular flexibility index (Phi) is 6.18. The van der Waals surface area contributed by atoms with Crippen LogP contribution in [0.1, 0.15) is 0 Å². The smallest absolute Gasteiger partial charge is 0.162 e. The van der Waals surface area contributed by atoms with Crippen molar-refractivity contribution in [3.05, 3.63) is 176 Å². The van der Waals surface area contributed by atoms with Crippen molar-refractivity contribution in [2.45, 2.75) is 0 Å². The van der Waals surface area contributed by atoms with E-state index in [1.807, 2.05) is 24.3 Å². The third-order valence-electron chi connectivity index (χ3n) is 9.78. The van der Waals surface area contributed by atoms with E-state index in [4.69, 9.17) is 9.97 Å². The van der Waals surface area contributed by atoms with E-state index in [2.05, 4.69) is 156 Å². The van der Waals surface area contributed by atoms with Crippen LogP contribution in [-0.4, -0.2) is 14.5 Å². The largest absolute Gasteiger partial charge is 0.294 e. The highest BCUT2D eigenvalue weighted by Crippen LogP contribution is 2.40. The van der Waals surface area contributed by atoms with Crippen LogP contribution in [0.2, 0.25) is 0 Å². The normalized spacial score (nSPS) is 11.7. The predicted molar refractivity (Wildman–Crippen MR) is 205 cm³/mol. The molecule has 10 rings (SSSR count). The SMILES string of the molecule is c1ccc(-c2cc(-n3c4ccccc4c4c5ccc(-c6cc7ccccc7c7ccccc67)cc5ccc43)nc(-c3ccccc3)n2)cc1. The molecular formula is C46H29N3. The van der Waals surface area contributed by atoms with Crippen molar-refractivity contribution in [3.8, 4) is 39.6 Å². The van der Waals surface area contributed by atoms with E-state index in [0.29, 0.717) is 5.82 Å². The molecule has 0 radical (unpaired) electrons. The van der Waals surface area contributed by atoms with Crippen LogP contribution in [0.4, 0.5) is 0 Å². The Labute approximate surface area is 283 Å². The summed E-state index contributed by atoms with van der Waals surface area (Å²) in [6.45, 7) is 0. The van der Waals surface area contributed by atoms with Crippen molar-refractivity contribution in [1.29, 1.82) is 0 Å². The quantitative estimate of drug-likeness (QED) is 0.183. The van der Waals surface area contributed by atoms with Crippen LogP contribution in [-0.2, 0) is 0 Å². The fourth-order valence-electron chi connectivity index (χ4n) is 7.53. The Hall–Kier alpha value is -6.58. The molecule has 0 atom stereocenters. The summed E-state index contributed by atoms with van der Waals surface area (Å²) in [6, 6.07) is 62.6. The summed E-state index contributed by atoms with van der Waals surface area (Å²) in [5.74, 6) is 1.55. The topological polar surface area (TPSA) is 30.7 Å². The van der Waals surface area contributed by atoms with Gasteiger partial charge in [0.1, 0.15) is 5.82 Å². The summed E-state index contributed by atoms with van der Waals surface area (Å²) in [7, 11) is 0. The minimum absolute atomic E-state index is 0.705. The van der Waals surface area contributed by atoms with Gasteiger partial charge in [-0.25, -0.2) is 9.97 Å². The summed E-state index contributed by atoms with van der Waals surface area (Å²) in [5.41, 5.74) is 7.64. The van der Waals surface area contributed by atoms with Crippen molar-refractivity contribution in [1.82, 2.24) is 14.5 Å². The molecule has 2 aromatic heterocycles. The molecule has 10 aromatic rings. The van der Waals surface area contributed by atoms with Crippen LogP contribution < -0.4 is 0 Å². The second-order valence-electron chi connectivity index (χ2n) is 12.6. The highest BCUT2D eigenvalue weighted by atomic mass is 15.1. The van der Waals surface area contributed by atoms with E-state index in [0.717, 1.165) is 33.7 Å². The summed E-state index contributed by atoms with van der Waals surface area (Å²) in [6.07, 6.45) is 0. The molecule has 0 aliphatic carbocycles. The van der Waals surface area contributed by atoms with E-state index in [-0.39, 0.29) is 0 Å². The summed E-state index contributed by atoms with van der Waals surface area (Å²) < 4.78 is 2.30. The molecule has 0 amide bonds. The number of hydrogen-bond acceptors (Lipinski definition) is 2. The highest BCUT2D eigenvalue weighted by molar-refractivity contribution is 6.22. The number of nitrogens with zero attached hydrogens (tertiary/aromatic N) is 3. The zero-order valence-corrected chi connectivity index (χ0v) is 26.6. The van der Waals surface area contributed by atoms with Gasteiger partial charge in [0, 0.05) is 28.0 Å². The molecule has 0 unspecified atom stereocenters. The second kappa shape index (κ2) is 11.0. The zero-order valence-electron chi connectivity index (χ0n) is 26.6. The lowest BCUT2D eigenvalue weighted by molar-refractivity contribution is 1.05. The molecule has 0 spiro atoms. The number of fused-ring (bicyclic) bond motifs is 8. The van der Waals surface area contributed by atoms with Gasteiger partial charge >= 0.3 is 0 Å². The number of para-hydroxylation sites is 1. The Morgan fingerprint density at radius 2 is 1.02 bits per heavy atom. The van der Waals surface area contributed by atoms with Crippen LogP contribution >= 0.6 is 0 Å². The van der Waals surface area contributed by atoms with E-state index < -0.39 is 0 Å². The maximum atomic E-state index is 5.21. The van der Waals surface area contributed by atoms with Gasteiger partial charge in [0.05, 0.1) is 16.7 Å². The molecule has 0 saturated heterocycles. The van der Waals surface area contributed by atoms with Gasteiger partial charge in [-0.15, -0.1) is 0 Å². The fraction of sp³-hybridized carbons (Fsp3) is 0. The van der Waals surface area contributed by atoms with Gasteiger partial charge in [-0.05, 0) is 67.7 Å². The number of hydrogen-bond donors (Lipinski definition) is 0. The van der Waals surface area contributed by atoms with Gasteiger partial charge < -0.3 is 0 Å². The molecule has 228 valence electrons. The molecule has 0 aliphatic rings. The van der Waals surface area contributed by atoms with Gasteiger partial charge in [0.2, 0.25) is 0 Å². The lowest BCUT2D eigenvalue weighted by Crippen LogP contribution is -2.02. The van der Waals surface area contributed by atoms with E-state index >= 15 is 0 Å². The van der Waals surface area contributed by atoms with Gasteiger partial charge in [0.15, 0.2) is 5.82 Å². The molecule has 49 heavy (non-hydrogen) atoms. The molecule has 2 heterocycles. The minimum Gasteiger partial charge on any atom is -0.294 e. The molecule has 3 nitrogen and oxygen atoms in total. The summed E-state index contributed by atoms with van der Waals surface area (Å²) >= 11 is 0. The third-order valence-corrected chi connectivity index (χ3v) is 9.78. The van der Waals surface area contributed by atoms with Crippen LogP contribution in [0.3, 0.4) is 0 Å². The standard InChI is InChI=1S/C46H29N3/c1-3-13-30(14-4-1)41-29-44(48-46(47-41)31-15-5-2-6-16-31)49-42-22-12-11-21-39(42)45-36-25-23-34(27-33(36)24-26-43(45)49)40-28-32-17-7-8-18-35(32)37-19-9-10-20-38(37)40/h1-29H. The molecule has 0 saturated carbocycles. The van der Waals surface area contributed by atoms with E-state index in [1.165, 1.54) is 54.2 Å². The summed E-state index contributed by atoms with van der Waals surface area (Å²) in [5, 5.41) is 9.95. The number of rotatable bonds is 4. The molecule has 0 N–H and O–H groups in total. The molecule has 0 aliphatic heterocycles. The Balaban J connectivity index is 1.22. The number of aromatic nitrogens is 3. The predicted octanol–water partition coefficient (Wildman–Crippen LogP) is 12.0. The third kappa shape index (κ3) is 4.44. The maximum absolute atomic E-state index is 5.21. The van der Waals surface area contributed by atoms with Gasteiger partial charge in [-0.1, -0.05) is 146 Å². The lowest BCUT2D eigenvalue weighted by Gasteiger charge is -2.13. The van der Waals surface area contributed by atoms with Gasteiger partial charge in [-0.3, -0.25) is 4.57 Å². The van der Waals surface area contributed by atoms with Crippen molar-refractivity contribution in [3.63, 3.8) is 0 Å². The highest BCUT2D eigenvalue weighted by Gasteiger charge is 2.18. The average molecular weight is 624 g/mol. The van der Waals surface area contributed by atoms with Crippen LogP contribution in [0.5, 0.6) is 0 Å². The van der Waals surface area contributed by atoms with Crippen molar-refractivity contribution >= 4 is 54.1 Å². The molecule has 3 heteroatoms. The Morgan fingerprint density at radius 1 is 0.367 bits per heavy atom. The second-order valence-corrected chi connectivity index (χ2v) is 12.6. The van der Waals surface area contributed by atoms with Gasteiger partial charge in [-0.2, -0.15) is 0 Å². The molecule has 0 fully saturated rings. The first-order valence-electron chi connectivity index (χ1n) is 16.7. The Bertz CT molecular complexity index is 2810. The van der Waals surface area contributed by atoms with Crippen molar-refractivity contribution in [2.75, 3.05) is 0 Å². The van der Waals surface area contributed by atoms with Crippen LogP contribution in [0, 0.1) is 0 Å². The molecule has 0 bridgehead atoms. The van der Waals surface area contributed by atoms with E-state index in [1.54, 1.807) is 0 Å². The first-order chi connectivity index (χ1) is 24.3. The van der Waals surface area contributed by atoms with Crippen LogP contribution in [0.25, 0.3) is 93.7 Å².